The van der Waals surface area contributed by atoms with Gasteiger partial charge in [0, 0.05) is 17.8 Å². The first kappa shape index (κ1) is 11.0. The molecule has 0 fully saturated rings. The van der Waals surface area contributed by atoms with Gasteiger partial charge >= 0.3 is 0 Å². The number of fused-ring (bicyclic) bond motifs is 1. The summed E-state index contributed by atoms with van der Waals surface area (Å²) in [6.45, 7) is 2.74. The fraction of sp³-hybridized carbons (Fsp3) is 0.188. The summed E-state index contributed by atoms with van der Waals surface area (Å²) >= 11 is 0. The lowest BCUT2D eigenvalue weighted by molar-refractivity contribution is 0.0960. The zero-order chi connectivity index (χ0) is 12.5. The monoisotopic (exact) mass is 237 g/mol. The molecule has 90 valence electrons. The maximum absolute atomic E-state index is 12.5. The topological polar surface area (TPSA) is 29.1 Å². The normalized spacial score (nSPS) is 18.1. The maximum Gasteiger partial charge on any atom is 0.174 e. The smallest absolute Gasteiger partial charge is 0.174 e. The largest absolute Gasteiger partial charge is 0.383 e. The first-order valence-corrected chi connectivity index (χ1v) is 6.19. The van der Waals surface area contributed by atoms with Crippen LogP contribution in [0.4, 0.5) is 5.69 Å². The van der Waals surface area contributed by atoms with Gasteiger partial charge in [-0.25, -0.2) is 0 Å². The number of rotatable bonds is 1. The van der Waals surface area contributed by atoms with E-state index >= 15 is 0 Å². The Kier molecular flexibility index (Phi) is 2.63. The highest BCUT2D eigenvalue weighted by molar-refractivity contribution is 6.07. The average Bonchev–Trinajstić information content (AvgIpc) is 2.41. The molecule has 1 unspecified atom stereocenters. The molecule has 3 rings (SSSR count). The summed E-state index contributed by atoms with van der Waals surface area (Å²) in [5.41, 5.74) is 4.06. The van der Waals surface area contributed by atoms with E-state index in [4.69, 9.17) is 0 Å². The van der Waals surface area contributed by atoms with Crippen LogP contribution >= 0.6 is 0 Å². The first-order chi connectivity index (χ1) is 8.75. The fourth-order valence-electron chi connectivity index (χ4n) is 2.41. The number of para-hydroxylation sites is 1. The molecule has 2 heteroatoms. The minimum Gasteiger partial charge on any atom is -0.383 e. The Morgan fingerprint density at radius 1 is 1.06 bits per heavy atom. The van der Waals surface area contributed by atoms with Gasteiger partial charge in [0.05, 0.1) is 5.92 Å². The molecule has 2 aromatic carbocycles. The average molecular weight is 237 g/mol. The van der Waals surface area contributed by atoms with E-state index < -0.39 is 0 Å². The SMILES string of the molecule is Cc1ccc(C2CNc3ccccc3C2=O)cc1. The van der Waals surface area contributed by atoms with Crippen LogP contribution in [-0.2, 0) is 0 Å². The summed E-state index contributed by atoms with van der Waals surface area (Å²) in [6, 6.07) is 15.9. The molecule has 0 saturated carbocycles. The van der Waals surface area contributed by atoms with E-state index in [-0.39, 0.29) is 11.7 Å². The van der Waals surface area contributed by atoms with Crippen molar-refractivity contribution < 1.29 is 4.79 Å². The standard InChI is InChI=1S/C16H15NO/c1-11-6-8-12(9-7-11)14-10-17-15-5-3-2-4-13(15)16(14)18/h2-9,14,17H,10H2,1H3. The molecule has 0 bridgehead atoms. The minimum atomic E-state index is -0.0690. The van der Waals surface area contributed by atoms with Crippen LogP contribution < -0.4 is 5.32 Å². The second kappa shape index (κ2) is 4.30. The highest BCUT2D eigenvalue weighted by Gasteiger charge is 2.27. The number of carbonyl (C=O) groups is 1. The molecule has 0 saturated heterocycles. The van der Waals surface area contributed by atoms with Gasteiger partial charge in [-0.2, -0.15) is 0 Å². The summed E-state index contributed by atoms with van der Waals surface area (Å²) < 4.78 is 0. The number of Topliss-reactive ketones (excluding diaryl/α,β-unsaturated/α-hetero) is 1. The van der Waals surface area contributed by atoms with Crippen LogP contribution in [0.2, 0.25) is 0 Å². The summed E-state index contributed by atoms with van der Waals surface area (Å²) in [5, 5.41) is 3.34. The third kappa shape index (κ3) is 1.80. The Bertz CT molecular complexity index is 586. The molecular formula is C16H15NO. The molecule has 2 nitrogen and oxygen atoms in total. The van der Waals surface area contributed by atoms with E-state index in [2.05, 4.69) is 24.4 Å². The lowest BCUT2D eigenvalue weighted by Gasteiger charge is -2.25. The van der Waals surface area contributed by atoms with Crippen LogP contribution in [0.15, 0.2) is 48.5 Å². The number of carbonyl (C=O) groups excluding carboxylic acids is 1. The number of benzene rings is 2. The second-order valence-corrected chi connectivity index (χ2v) is 4.75. The van der Waals surface area contributed by atoms with Crippen LogP contribution in [0.25, 0.3) is 0 Å². The van der Waals surface area contributed by atoms with Gasteiger partial charge in [0.25, 0.3) is 0 Å². The van der Waals surface area contributed by atoms with E-state index in [1.54, 1.807) is 0 Å². The van der Waals surface area contributed by atoms with Crippen LogP contribution in [-0.4, -0.2) is 12.3 Å². The number of anilines is 1. The number of nitrogens with one attached hydrogen (secondary N) is 1. The van der Waals surface area contributed by atoms with E-state index in [0.29, 0.717) is 6.54 Å². The quantitative estimate of drug-likeness (QED) is 0.823. The number of hydrogen-bond acceptors (Lipinski definition) is 2. The third-order valence-corrected chi connectivity index (χ3v) is 3.49. The van der Waals surface area contributed by atoms with Crippen LogP contribution in [0.3, 0.4) is 0 Å². The molecule has 0 spiro atoms. The van der Waals surface area contributed by atoms with Crippen molar-refractivity contribution in [3.05, 3.63) is 65.2 Å². The molecule has 1 N–H and O–H groups in total. The zero-order valence-electron chi connectivity index (χ0n) is 10.3. The van der Waals surface area contributed by atoms with Crippen molar-refractivity contribution in [3.8, 4) is 0 Å². The number of hydrogen-bond donors (Lipinski definition) is 1. The zero-order valence-corrected chi connectivity index (χ0v) is 10.3. The number of ketones is 1. The van der Waals surface area contributed by atoms with Gasteiger partial charge < -0.3 is 5.32 Å². The minimum absolute atomic E-state index is 0.0690. The van der Waals surface area contributed by atoms with Crippen molar-refractivity contribution in [3.63, 3.8) is 0 Å². The summed E-state index contributed by atoms with van der Waals surface area (Å²) in [6.07, 6.45) is 0. The fourth-order valence-corrected chi connectivity index (χ4v) is 2.41. The summed E-state index contributed by atoms with van der Waals surface area (Å²) in [7, 11) is 0. The van der Waals surface area contributed by atoms with Crippen LogP contribution in [0.5, 0.6) is 0 Å². The molecule has 1 aliphatic rings. The second-order valence-electron chi connectivity index (χ2n) is 4.75. The van der Waals surface area contributed by atoms with Crippen molar-refractivity contribution in [1.29, 1.82) is 0 Å². The molecule has 2 aromatic rings. The Labute approximate surface area is 107 Å². The summed E-state index contributed by atoms with van der Waals surface area (Å²) in [4.78, 5) is 12.5. The number of aryl methyl sites for hydroxylation is 1. The van der Waals surface area contributed by atoms with Crippen molar-refractivity contribution in [2.24, 2.45) is 0 Å². The van der Waals surface area contributed by atoms with Crippen molar-refractivity contribution in [2.75, 3.05) is 11.9 Å². The maximum atomic E-state index is 12.5. The Hall–Kier alpha value is -2.09. The Balaban J connectivity index is 1.97. The molecular weight excluding hydrogens is 222 g/mol. The predicted molar refractivity (Wildman–Crippen MR) is 73.2 cm³/mol. The highest BCUT2D eigenvalue weighted by atomic mass is 16.1. The van der Waals surface area contributed by atoms with Gasteiger partial charge in [-0.1, -0.05) is 42.0 Å². The van der Waals surface area contributed by atoms with Gasteiger partial charge in [0.15, 0.2) is 5.78 Å². The van der Waals surface area contributed by atoms with Crippen molar-refractivity contribution in [2.45, 2.75) is 12.8 Å². The third-order valence-electron chi connectivity index (χ3n) is 3.49. The van der Waals surface area contributed by atoms with Crippen LogP contribution in [0, 0.1) is 6.92 Å². The molecule has 0 aliphatic carbocycles. The van der Waals surface area contributed by atoms with Crippen molar-refractivity contribution >= 4 is 11.5 Å². The van der Waals surface area contributed by atoms with E-state index in [1.807, 2.05) is 36.4 Å². The summed E-state index contributed by atoms with van der Waals surface area (Å²) in [5.74, 6) is 0.147. The van der Waals surface area contributed by atoms with Gasteiger partial charge in [-0.15, -0.1) is 0 Å². The predicted octanol–water partition coefficient (Wildman–Crippen LogP) is 3.39. The Morgan fingerprint density at radius 2 is 1.78 bits per heavy atom. The van der Waals surface area contributed by atoms with E-state index in [0.717, 1.165) is 16.8 Å². The van der Waals surface area contributed by atoms with Crippen molar-refractivity contribution in [1.82, 2.24) is 0 Å². The lowest BCUT2D eigenvalue weighted by atomic mass is 9.87. The molecule has 1 aliphatic heterocycles. The first-order valence-electron chi connectivity index (χ1n) is 6.19. The highest BCUT2D eigenvalue weighted by Crippen LogP contribution is 2.30. The molecule has 18 heavy (non-hydrogen) atoms. The molecule has 1 heterocycles. The molecule has 0 amide bonds. The van der Waals surface area contributed by atoms with E-state index in [9.17, 15) is 4.79 Å². The van der Waals surface area contributed by atoms with Gasteiger partial charge in [0.2, 0.25) is 0 Å². The molecule has 0 radical (unpaired) electrons. The Morgan fingerprint density at radius 3 is 2.56 bits per heavy atom. The van der Waals surface area contributed by atoms with Gasteiger partial charge in [0.1, 0.15) is 0 Å². The van der Waals surface area contributed by atoms with Crippen LogP contribution in [0.1, 0.15) is 27.4 Å². The molecule has 0 aromatic heterocycles. The molecule has 1 atom stereocenters. The lowest BCUT2D eigenvalue weighted by Crippen LogP contribution is -2.27. The van der Waals surface area contributed by atoms with Gasteiger partial charge in [-0.3, -0.25) is 4.79 Å². The van der Waals surface area contributed by atoms with E-state index in [1.165, 1.54) is 5.56 Å². The van der Waals surface area contributed by atoms with Gasteiger partial charge in [-0.05, 0) is 24.6 Å².